The molecule has 0 unspecified atom stereocenters. The monoisotopic (exact) mass is 318 g/mol. The third kappa shape index (κ3) is 3.56. The number of Topliss-reactive ketones (excluding diaryl/α,β-unsaturated/α-hetero) is 1. The number of rotatable bonds is 4. The Morgan fingerprint density at radius 3 is 2.23 bits per heavy atom. The summed E-state index contributed by atoms with van der Waals surface area (Å²) in [6.45, 7) is 3.58. The van der Waals surface area contributed by atoms with E-state index < -0.39 is 35.1 Å². The van der Waals surface area contributed by atoms with Gasteiger partial charge in [0, 0.05) is 11.5 Å². The van der Waals surface area contributed by atoms with E-state index in [1.54, 1.807) is 0 Å². The molecule has 0 radical (unpaired) electrons. The number of carboxylic acid groups (broad SMARTS) is 1. The third-order valence-corrected chi connectivity index (χ3v) is 3.16. The molecule has 0 bridgehead atoms. The molecule has 0 aliphatic heterocycles. The van der Waals surface area contributed by atoms with Gasteiger partial charge >= 0.3 is 6.18 Å². The number of carbonyl (C=O) groups excluding carboxylic acids is 2. The Bertz CT molecular complexity index is 594. The largest absolute Gasteiger partial charge is 0.530 e. The molecule has 0 fully saturated rings. The fraction of sp³-hybridized carbons (Fsp3) is 0.429. The maximum Gasteiger partial charge on any atom is 0.421 e. The fourth-order valence-corrected chi connectivity index (χ4v) is 1.74. The third-order valence-electron chi connectivity index (χ3n) is 3.16. The summed E-state index contributed by atoms with van der Waals surface area (Å²) >= 11 is 0. The Balaban J connectivity index is 3.46. The number of ketones is 1. The van der Waals surface area contributed by atoms with Gasteiger partial charge in [-0.25, -0.2) is 0 Å². The first kappa shape index (κ1) is 18.0. The van der Waals surface area contributed by atoms with Crippen LogP contribution in [0.25, 0.3) is 0 Å². The second-order valence-corrected chi connectivity index (χ2v) is 5.26. The van der Waals surface area contributed by atoms with Gasteiger partial charge in [0.15, 0.2) is 11.4 Å². The van der Waals surface area contributed by atoms with Crippen molar-refractivity contribution >= 4 is 17.6 Å². The number of aliphatic hydroxyl groups is 1. The van der Waals surface area contributed by atoms with Gasteiger partial charge in [0.2, 0.25) is 0 Å². The van der Waals surface area contributed by atoms with Gasteiger partial charge in [0.05, 0.1) is 5.69 Å². The predicted molar refractivity (Wildman–Crippen MR) is 70.3 cm³/mol. The van der Waals surface area contributed by atoms with E-state index in [1.807, 2.05) is 5.32 Å². The van der Waals surface area contributed by atoms with Crippen LogP contribution in [0.2, 0.25) is 0 Å². The quantitative estimate of drug-likeness (QED) is 0.832. The summed E-state index contributed by atoms with van der Waals surface area (Å²) in [6.07, 6.45) is -6.65. The molecule has 0 aliphatic rings. The van der Waals surface area contributed by atoms with Gasteiger partial charge in [-0.1, -0.05) is 19.9 Å². The number of benzene rings is 1. The van der Waals surface area contributed by atoms with E-state index in [0.717, 1.165) is 18.2 Å². The summed E-state index contributed by atoms with van der Waals surface area (Å²) in [6, 6.07) is 2.72. The Kier molecular flexibility index (Phi) is 4.86. The van der Waals surface area contributed by atoms with Gasteiger partial charge in [-0.3, -0.25) is 4.79 Å². The molecule has 1 amide bonds. The Morgan fingerprint density at radius 2 is 1.82 bits per heavy atom. The van der Waals surface area contributed by atoms with Crippen LogP contribution in [-0.2, 0) is 5.60 Å². The second-order valence-electron chi connectivity index (χ2n) is 5.26. The molecule has 0 saturated carbocycles. The number of hydrogen-bond donors (Lipinski definition) is 2. The molecular weight excluding hydrogens is 303 g/mol. The number of halogens is 3. The predicted octanol–water partition coefficient (Wildman–Crippen LogP) is 2.05. The second kappa shape index (κ2) is 5.96. The van der Waals surface area contributed by atoms with Crippen molar-refractivity contribution in [2.24, 2.45) is 5.92 Å². The number of alkyl halides is 3. The van der Waals surface area contributed by atoms with Crippen molar-refractivity contribution in [2.75, 3.05) is 5.32 Å². The van der Waals surface area contributed by atoms with E-state index in [4.69, 9.17) is 0 Å². The Labute approximate surface area is 124 Å². The topological polar surface area (TPSA) is 89.5 Å². The van der Waals surface area contributed by atoms with Crippen LogP contribution in [0.5, 0.6) is 0 Å². The van der Waals surface area contributed by atoms with Crippen molar-refractivity contribution < 1.29 is 33.0 Å². The smallest absolute Gasteiger partial charge is 0.421 e. The first-order valence-corrected chi connectivity index (χ1v) is 6.33. The zero-order chi connectivity index (χ0) is 17.3. The molecule has 2 N–H and O–H groups in total. The van der Waals surface area contributed by atoms with Crippen molar-refractivity contribution in [3.63, 3.8) is 0 Å². The maximum atomic E-state index is 12.9. The van der Waals surface area contributed by atoms with Gasteiger partial charge in [-0.05, 0) is 24.6 Å². The number of amides is 1. The lowest BCUT2D eigenvalue weighted by Crippen LogP contribution is -2.39. The van der Waals surface area contributed by atoms with E-state index >= 15 is 0 Å². The van der Waals surface area contributed by atoms with Gasteiger partial charge < -0.3 is 20.3 Å². The molecule has 5 nitrogen and oxygen atoms in total. The minimum atomic E-state index is -4.95. The van der Waals surface area contributed by atoms with E-state index in [-0.39, 0.29) is 11.3 Å². The zero-order valence-electron chi connectivity index (χ0n) is 12.1. The maximum absolute atomic E-state index is 12.9. The average molecular weight is 318 g/mol. The molecule has 1 aromatic carbocycles. The SMILES string of the molecule is CC(C)C(=O)c1cc([C@@](C)(O)C(F)(F)F)ccc1NC(=O)[O-]. The highest BCUT2D eigenvalue weighted by Crippen LogP contribution is 2.39. The highest BCUT2D eigenvalue weighted by molar-refractivity contribution is 6.04. The molecule has 8 heteroatoms. The van der Waals surface area contributed by atoms with Crippen LogP contribution in [0.3, 0.4) is 0 Å². The average Bonchev–Trinajstić information content (AvgIpc) is 2.35. The van der Waals surface area contributed by atoms with Crippen LogP contribution in [0.1, 0.15) is 36.7 Å². The van der Waals surface area contributed by atoms with Crippen LogP contribution in [0.4, 0.5) is 23.7 Å². The number of hydrogen-bond acceptors (Lipinski definition) is 4. The first-order valence-electron chi connectivity index (χ1n) is 6.33. The van der Waals surface area contributed by atoms with E-state index in [2.05, 4.69) is 0 Å². The van der Waals surface area contributed by atoms with Gasteiger partial charge in [0.1, 0.15) is 6.09 Å². The van der Waals surface area contributed by atoms with Crippen LogP contribution in [0, 0.1) is 5.92 Å². The molecule has 1 rings (SSSR count). The highest BCUT2D eigenvalue weighted by Gasteiger charge is 2.51. The summed E-state index contributed by atoms with van der Waals surface area (Å²) in [5.41, 5.74) is -4.19. The fourth-order valence-electron chi connectivity index (χ4n) is 1.74. The summed E-state index contributed by atoms with van der Waals surface area (Å²) in [5, 5.41) is 22.1. The van der Waals surface area contributed by atoms with Crippen LogP contribution in [0.15, 0.2) is 18.2 Å². The molecule has 0 saturated heterocycles. The van der Waals surface area contributed by atoms with Crippen molar-refractivity contribution in [1.82, 2.24) is 0 Å². The lowest BCUT2D eigenvalue weighted by molar-refractivity contribution is -0.258. The lowest BCUT2D eigenvalue weighted by Gasteiger charge is -2.27. The van der Waals surface area contributed by atoms with Gasteiger partial charge in [-0.2, -0.15) is 13.2 Å². The van der Waals surface area contributed by atoms with Crippen LogP contribution in [-0.4, -0.2) is 23.2 Å². The molecule has 122 valence electrons. The first-order chi connectivity index (χ1) is 9.87. The zero-order valence-corrected chi connectivity index (χ0v) is 12.1. The Hall–Kier alpha value is -2.09. The van der Waals surface area contributed by atoms with Crippen molar-refractivity contribution in [3.8, 4) is 0 Å². The van der Waals surface area contributed by atoms with Gasteiger partial charge in [-0.15, -0.1) is 0 Å². The molecule has 1 atom stereocenters. The molecule has 1 aromatic rings. The standard InChI is InChI=1S/C14H16F3NO4/c1-7(2)11(19)9-6-8(13(3,22)14(15,16)17)4-5-10(9)18-12(20)21/h4-7,18,22H,1-3H3,(H,20,21)/p-1/t13-/m1/s1. The molecule has 0 heterocycles. The van der Waals surface area contributed by atoms with Crippen LogP contribution >= 0.6 is 0 Å². The van der Waals surface area contributed by atoms with Gasteiger partial charge in [0.25, 0.3) is 0 Å². The lowest BCUT2D eigenvalue weighted by atomic mass is 9.90. The molecule has 0 spiro atoms. The van der Waals surface area contributed by atoms with E-state index in [0.29, 0.717) is 6.92 Å². The number of anilines is 1. The summed E-state index contributed by atoms with van der Waals surface area (Å²) in [5.74, 6) is -1.14. The molecular formula is C14H15F3NO4-. The van der Waals surface area contributed by atoms with E-state index in [1.165, 1.54) is 13.8 Å². The van der Waals surface area contributed by atoms with Crippen LogP contribution < -0.4 is 10.4 Å². The molecule has 0 aromatic heterocycles. The number of carbonyl (C=O) groups is 2. The normalized spacial score (nSPS) is 14.5. The molecule has 0 aliphatic carbocycles. The van der Waals surface area contributed by atoms with Crippen molar-refractivity contribution in [2.45, 2.75) is 32.5 Å². The minimum Gasteiger partial charge on any atom is -0.530 e. The summed E-state index contributed by atoms with van der Waals surface area (Å²) in [7, 11) is 0. The highest BCUT2D eigenvalue weighted by atomic mass is 19.4. The van der Waals surface area contributed by atoms with E-state index in [9.17, 15) is 33.0 Å². The van der Waals surface area contributed by atoms with Crippen molar-refractivity contribution in [1.29, 1.82) is 0 Å². The summed E-state index contributed by atoms with van der Waals surface area (Å²) in [4.78, 5) is 22.7. The molecule has 22 heavy (non-hydrogen) atoms. The number of nitrogens with one attached hydrogen (secondary N) is 1. The van der Waals surface area contributed by atoms with Crippen molar-refractivity contribution in [3.05, 3.63) is 29.3 Å². The summed E-state index contributed by atoms with van der Waals surface area (Å²) < 4.78 is 38.6. The minimum absolute atomic E-state index is 0.194. The Morgan fingerprint density at radius 1 is 1.27 bits per heavy atom.